The molecule has 24 heavy (non-hydrogen) atoms. The topological polar surface area (TPSA) is 34.1 Å². The van der Waals surface area contributed by atoms with Crippen molar-refractivity contribution in [1.29, 1.82) is 0 Å². The first-order chi connectivity index (χ1) is 11.1. The number of benzene rings is 1. The molecule has 1 aliphatic rings. The van der Waals surface area contributed by atoms with E-state index in [2.05, 4.69) is 0 Å². The summed E-state index contributed by atoms with van der Waals surface area (Å²) in [5, 5.41) is 0. The van der Waals surface area contributed by atoms with Crippen LogP contribution in [0.3, 0.4) is 0 Å². The van der Waals surface area contributed by atoms with Gasteiger partial charge in [-0.3, -0.25) is 0 Å². The molecule has 0 heterocycles. The summed E-state index contributed by atoms with van der Waals surface area (Å²) in [5.41, 5.74) is 1.76. The largest absolute Gasteiger partial charge is 0.228 e. The van der Waals surface area contributed by atoms with Gasteiger partial charge in [0.1, 0.15) is 5.82 Å². The lowest BCUT2D eigenvalue weighted by Crippen LogP contribution is -2.34. The maximum Gasteiger partial charge on any atom is 0.155 e. The van der Waals surface area contributed by atoms with Gasteiger partial charge < -0.3 is 0 Å². The molecule has 1 aliphatic carbocycles. The molecule has 0 aliphatic heterocycles. The quantitative estimate of drug-likeness (QED) is 0.738. The normalized spacial score (nSPS) is 22.5. The summed E-state index contributed by atoms with van der Waals surface area (Å²) in [7, 11) is -3.02. The highest BCUT2D eigenvalue weighted by Crippen LogP contribution is 2.34. The van der Waals surface area contributed by atoms with Crippen molar-refractivity contribution in [2.45, 2.75) is 71.0 Å². The van der Waals surface area contributed by atoms with Gasteiger partial charge >= 0.3 is 0 Å². The van der Waals surface area contributed by atoms with Crippen LogP contribution in [0.15, 0.2) is 18.2 Å². The van der Waals surface area contributed by atoms with Crippen molar-refractivity contribution in [3.05, 3.63) is 35.1 Å². The monoisotopic (exact) mass is 354 g/mol. The molecule has 1 aromatic rings. The summed E-state index contributed by atoms with van der Waals surface area (Å²) in [6.07, 6.45) is 6.18. The smallest absolute Gasteiger partial charge is 0.155 e. The van der Waals surface area contributed by atoms with Crippen LogP contribution in [0.5, 0.6) is 0 Å². The van der Waals surface area contributed by atoms with Gasteiger partial charge in [0.05, 0.1) is 10.5 Å². The highest BCUT2D eigenvalue weighted by atomic mass is 32.2. The molecule has 0 aromatic heterocycles. The molecule has 0 atom stereocenters. The van der Waals surface area contributed by atoms with E-state index in [-0.39, 0.29) is 5.82 Å². The Kier molecular flexibility index (Phi) is 6.11. The van der Waals surface area contributed by atoms with Crippen LogP contribution in [0.4, 0.5) is 4.39 Å². The van der Waals surface area contributed by atoms with Crippen molar-refractivity contribution in [3.8, 4) is 0 Å². The van der Waals surface area contributed by atoms with Gasteiger partial charge in [0, 0.05) is 0 Å². The predicted octanol–water partition coefficient (Wildman–Crippen LogP) is 5.09. The van der Waals surface area contributed by atoms with Crippen LogP contribution in [-0.4, -0.2) is 18.9 Å². The predicted molar refractivity (Wildman–Crippen MR) is 98.4 cm³/mol. The fraction of sp³-hybridized carbons (Fsp3) is 0.700. The van der Waals surface area contributed by atoms with Crippen LogP contribution < -0.4 is 0 Å². The Labute approximate surface area is 146 Å². The Morgan fingerprint density at radius 3 is 2.21 bits per heavy atom. The molecule has 2 rings (SSSR count). The molecular weight excluding hydrogens is 323 g/mol. The van der Waals surface area contributed by atoms with E-state index < -0.39 is 14.6 Å². The molecular formula is C20H31FO2S. The average Bonchev–Trinajstić information content (AvgIpc) is 2.48. The minimum atomic E-state index is -3.02. The summed E-state index contributed by atoms with van der Waals surface area (Å²) < 4.78 is 37.6. The molecule has 0 spiro atoms. The Morgan fingerprint density at radius 2 is 1.67 bits per heavy atom. The molecule has 136 valence electrons. The third-order valence-electron chi connectivity index (χ3n) is 5.43. The standard InChI is InChI=1S/C20H31FO2S/c1-15-5-6-17(13-19(15)21)10-7-16-8-11-18(12-9-16)14-24(22,23)20(2,3)4/h5-6,13,16,18H,7-12,14H2,1-4H3. The zero-order chi connectivity index (χ0) is 18.0. The van der Waals surface area contributed by atoms with Crippen LogP contribution >= 0.6 is 0 Å². The molecule has 0 radical (unpaired) electrons. The van der Waals surface area contributed by atoms with Crippen molar-refractivity contribution in [3.63, 3.8) is 0 Å². The van der Waals surface area contributed by atoms with Gasteiger partial charge in [-0.05, 0) is 82.4 Å². The second-order valence-corrected chi connectivity index (χ2v) is 11.2. The fourth-order valence-corrected chi connectivity index (χ4v) is 4.86. The number of hydrogen-bond donors (Lipinski definition) is 0. The second-order valence-electron chi connectivity index (χ2n) is 8.40. The van der Waals surface area contributed by atoms with Gasteiger partial charge in [-0.15, -0.1) is 0 Å². The summed E-state index contributed by atoms with van der Waals surface area (Å²) in [4.78, 5) is 0. The molecule has 0 unspecified atom stereocenters. The zero-order valence-corrected chi connectivity index (χ0v) is 16.3. The molecule has 0 amide bonds. The maximum atomic E-state index is 13.6. The molecule has 0 saturated heterocycles. The van der Waals surface area contributed by atoms with Gasteiger partial charge in [-0.25, -0.2) is 12.8 Å². The first-order valence-electron chi connectivity index (χ1n) is 9.06. The Bertz CT molecular complexity index is 651. The van der Waals surface area contributed by atoms with E-state index in [1.807, 2.05) is 12.1 Å². The molecule has 0 bridgehead atoms. The van der Waals surface area contributed by atoms with E-state index in [1.165, 1.54) is 0 Å². The van der Waals surface area contributed by atoms with E-state index >= 15 is 0 Å². The third-order valence-corrected chi connectivity index (χ3v) is 8.21. The van der Waals surface area contributed by atoms with Crippen molar-refractivity contribution in [2.75, 3.05) is 5.75 Å². The number of aryl methyl sites for hydroxylation is 2. The van der Waals surface area contributed by atoms with Gasteiger partial charge in [-0.1, -0.05) is 25.0 Å². The Hall–Kier alpha value is -0.900. The highest BCUT2D eigenvalue weighted by molar-refractivity contribution is 7.92. The Balaban J connectivity index is 1.80. The number of rotatable bonds is 5. The second kappa shape index (κ2) is 7.55. The van der Waals surface area contributed by atoms with E-state index in [9.17, 15) is 12.8 Å². The lowest BCUT2D eigenvalue weighted by atomic mass is 9.80. The van der Waals surface area contributed by atoms with Gasteiger partial charge in [0.2, 0.25) is 0 Å². The van der Waals surface area contributed by atoms with Crippen LogP contribution in [-0.2, 0) is 16.3 Å². The SMILES string of the molecule is Cc1ccc(CCC2CCC(CS(=O)(=O)C(C)(C)C)CC2)cc1F. The van der Waals surface area contributed by atoms with Crippen LogP contribution in [0.1, 0.15) is 64.0 Å². The van der Waals surface area contributed by atoms with Crippen molar-refractivity contribution < 1.29 is 12.8 Å². The third kappa shape index (κ3) is 5.05. The minimum Gasteiger partial charge on any atom is -0.228 e. The van der Waals surface area contributed by atoms with Crippen LogP contribution in [0.25, 0.3) is 0 Å². The van der Waals surface area contributed by atoms with Crippen LogP contribution in [0.2, 0.25) is 0 Å². The molecule has 4 heteroatoms. The zero-order valence-electron chi connectivity index (χ0n) is 15.4. The molecule has 2 nitrogen and oxygen atoms in total. The molecule has 0 N–H and O–H groups in total. The number of hydrogen-bond acceptors (Lipinski definition) is 2. The first-order valence-corrected chi connectivity index (χ1v) is 10.7. The summed E-state index contributed by atoms with van der Waals surface area (Å²) in [5.74, 6) is 1.15. The van der Waals surface area contributed by atoms with Gasteiger partial charge in [0.15, 0.2) is 9.84 Å². The molecule has 1 aromatic carbocycles. The fourth-order valence-electron chi connectivity index (χ4n) is 3.41. The van der Waals surface area contributed by atoms with Crippen LogP contribution in [0, 0.1) is 24.6 Å². The highest BCUT2D eigenvalue weighted by Gasteiger charge is 2.33. The minimum absolute atomic E-state index is 0.122. The van der Waals surface area contributed by atoms with E-state index in [0.717, 1.165) is 44.1 Å². The molecule has 1 saturated carbocycles. The summed E-state index contributed by atoms with van der Waals surface area (Å²) >= 11 is 0. The molecule has 1 fully saturated rings. The number of sulfone groups is 1. The maximum absolute atomic E-state index is 13.6. The van der Waals surface area contributed by atoms with Crippen molar-refractivity contribution in [2.24, 2.45) is 11.8 Å². The lowest BCUT2D eigenvalue weighted by Gasteiger charge is -2.30. The van der Waals surface area contributed by atoms with E-state index in [0.29, 0.717) is 23.2 Å². The van der Waals surface area contributed by atoms with Crippen molar-refractivity contribution in [1.82, 2.24) is 0 Å². The Morgan fingerprint density at radius 1 is 1.08 bits per heavy atom. The first kappa shape index (κ1) is 19.4. The van der Waals surface area contributed by atoms with E-state index in [1.54, 1.807) is 33.8 Å². The van der Waals surface area contributed by atoms with Gasteiger partial charge in [-0.2, -0.15) is 0 Å². The number of halogens is 1. The van der Waals surface area contributed by atoms with Crippen molar-refractivity contribution >= 4 is 9.84 Å². The summed E-state index contributed by atoms with van der Waals surface area (Å²) in [6.45, 7) is 7.14. The summed E-state index contributed by atoms with van der Waals surface area (Å²) in [6, 6.07) is 5.51. The lowest BCUT2D eigenvalue weighted by molar-refractivity contribution is 0.278. The van der Waals surface area contributed by atoms with E-state index in [4.69, 9.17) is 0 Å². The average molecular weight is 355 g/mol. The van der Waals surface area contributed by atoms with Gasteiger partial charge in [0.25, 0.3) is 0 Å².